The number of hydrogen-bond donors (Lipinski definition) is 0. The maximum Gasteiger partial charge on any atom is 0.223 e. The van der Waals surface area contributed by atoms with Gasteiger partial charge in [0, 0.05) is 30.6 Å². The fourth-order valence-corrected chi connectivity index (χ4v) is 4.06. The second kappa shape index (κ2) is 7.90. The van der Waals surface area contributed by atoms with Gasteiger partial charge in [-0.3, -0.25) is 9.78 Å². The third-order valence-corrected chi connectivity index (χ3v) is 5.38. The number of carbonyl (C=O) groups excluding carboxylic acids is 1. The van der Waals surface area contributed by atoms with Gasteiger partial charge in [0.25, 0.3) is 0 Å². The van der Waals surface area contributed by atoms with E-state index >= 15 is 0 Å². The van der Waals surface area contributed by atoms with Gasteiger partial charge >= 0.3 is 0 Å². The van der Waals surface area contributed by atoms with E-state index in [0.717, 1.165) is 38.0 Å². The van der Waals surface area contributed by atoms with Crippen molar-refractivity contribution in [2.24, 2.45) is 0 Å². The Morgan fingerprint density at radius 1 is 1.42 bits per heavy atom. The summed E-state index contributed by atoms with van der Waals surface area (Å²) in [7, 11) is 4.09. The van der Waals surface area contributed by atoms with Crippen LogP contribution in [0, 0.1) is 0 Å². The summed E-state index contributed by atoms with van der Waals surface area (Å²) >= 11 is 1.73. The fourth-order valence-electron chi connectivity index (χ4n) is 3.35. The highest BCUT2D eigenvalue weighted by Gasteiger charge is 2.29. The molecule has 24 heavy (non-hydrogen) atoms. The number of rotatable bonds is 6. The summed E-state index contributed by atoms with van der Waals surface area (Å²) in [5, 5.41) is 2.07. The average Bonchev–Trinajstić information content (AvgIpc) is 3.23. The molecule has 0 aromatic carbocycles. The van der Waals surface area contributed by atoms with Crippen LogP contribution in [0.15, 0.2) is 35.8 Å². The summed E-state index contributed by atoms with van der Waals surface area (Å²) in [6.07, 6.45) is 5.46. The Hall–Kier alpha value is -1.72. The monoisotopic (exact) mass is 343 g/mol. The van der Waals surface area contributed by atoms with E-state index < -0.39 is 0 Å². The molecule has 3 rings (SSSR count). The van der Waals surface area contributed by atoms with Crippen molar-refractivity contribution in [3.05, 3.63) is 52.0 Å². The summed E-state index contributed by atoms with van der Waals surface area (Å²) in [4.78, 5) is 22.6. The van der Waals surface area contributed by atoms with Gasteiger partial charge in [0.2, 0.25) is 5.91 Å². The van der Waals surface area contributed by atoms with E-state index in [2.05, 4.69) is 38.4 Å². The Morgan fingerprint density at radius 2 is 2.29 bits per heavy atom. The molecule has 0 aliphatic carbocycles. The van der Waals surface area contributed by atoms with Gasteiger partial charge in [0.15, 0.2) is 0 Å². The van der Waals surface area contributed by atoms with Crippen LogP contribution in [0.4, 0.5) is 0 Å². The maximum absolute atomic E-state index is 12.7. The Kier molecular flexibility index (Phi) is 5.63. The third kappa shape index (κ3) is 4.22. The lowest BCUT2D eigenvalue weighted by molar-refractivity contribution is -0.132. The van der Waals surface area contributed by atoms with Gasteiger partial charge in [0.05, 0.1) is 11.7 Å². The lowest BCUT2D eigenvalue weighted by Gasteiger charge is -2.25. The van der Waals surface area contributed by atoms with E-state index in [-0.39, 0.29) is 11.9 Å². The SMILES string of the molecule is CN(C)Cc1cc([C@@H]2CCCN2C(=O)CCc2cccs2)ccn1. The molecule has 0 saturated carbocycles. The molecule has 0 bridgehead atoms. The predicted molar refractivity (Wildman–Crippen MR) is 98.0 cm³/mol. The molecule has 2 aromatic rings. The molecule has 1 atom stereocenters. The number of nitrogens with zero attached hydrogens (tertiary/aromatic N) is 3. The zero-order valence-corrected chi connectivity index (χ0v) is 15.3. The largest absolute Gasteiger partial charge is 0.336 e. The lowest BCUT2D eigenvalue weighted by atomic mass is 10.0. The zero-order valence-electron chi connectivity index (χ0n) is 14.4. The van der Waals surface area contributed by atoms with Crippen LogP contribution >= 0.6 is 11.3 Å². The molecule has 128 valence electrons. The van der Waals surface area contributed by atoms with Crippen molar-refractivity contribution in [2.75, 3.05) is 20.6 Å². The Labute approximate surface area is 148 Å². The number of pyridine rings is 1. The molecule has 1 aliphatic rings. The molecular formula is C19H25N3OS. The Bertz CT molecular complexity index is 669. The minimum atomic E-state index is 0.213. The number of likely N-dealkylation sites (tertiary alicyclic amines) is 1. The first-order valence-electron chi connectivity index (χ1n) is 8.55. The minimum Gasteiger partial charge on any atom is -0.336 e. The van der Waals surface area contributed by atoms with Gasteiger partial charge in [-0.05, 0) is 62.5 Å². The number of carbonyl (C=O) groups is 1. The first kappa shape index (κ1) is 17.1. The standard InChI is InChI=1S/C19H25N3OS/c1-21(2)14-16-13-15(9-10-20-16)18-6-3-11-22(18)19(23)8-7-17-5-4-12-24-17/h4-5,9-10,12-13,18H,3,6-8,11,14H2,1-2H3/t18-/m0/s1. The van der Waals surface area contributed by atoms with Crippen molar-refractivity contribution < 1.29 is 4.79 Å². The normalized spacial score (nSPS) is 17.6. The minimum absolute atomic E-state index is 0.213. The molecule has 4 nitrogen and oxygen atoms in total. The molecule has 2 aromatic heterocycles. The Balaban J connectivity index is 1.67. The van der Waals surface area contributed by atoms with Crippen LogP contribution < -0.4 is 0 Å². The van der Waals surface area contributed by atoms with Crippen molar-refractivity contribution >= 4 is 17.2 Å². The van der Waals surface area contributed by atoms with Gasteiger partial charge in [0.1, 0.15) is 0 Å². The van der Waals surface area contributed by atoms with Crippen molar-refractivity contribution in [2.45, 2.75) is 38.3 Å². The van der Waals surface area contributed by atoms with E-state index in [9.17, 15) is 4.79 Å². The van der Waals surface area contributed by atoms with Crippen LogP contribution in [-0.4, -0.2) is 41.3 Å². The molecule has 1 aliphatic heterocycles. The smallest absolute Gasteiger partial charge is 0.223 e. The molecule has 0 spiro atoms. The molecule has 1 amide bonds. The predicted octanol–water partition coefficient (Wildman–Crippen LogP) is 3.50. The highest BCUT2D eigenvalue weighted by Crippen LogP contribution is 2.32. The van der Waals surface area contributed by atoms with Gasteiger partial charge in [-0.1, -0.05) is 6.07 Å². The molecule has 0 unspecified atom stereocenters. The number of thiophene rings is 1. The van der Waals surface area contributed by atoms with Crippen LogP contribution in [0.1, 0.15) is 41.4 Å². The first-order valence-corrected chi connectivity index (χ1v) is 9.43. The van der Waals surface area contributed by atoms with Crippen LogP contribution in [0.2, 0.25) is 0 Å². The van der Waals surface area contributed by atoms with Gasteiger partial charge in [-0.2, -0.15) is 0 Å². The van der Waals surface area contributed by atoms with Gasteiger partial charge in [-0.25, -0.2) is 0 Å². The molecular weight excluding hydrogens is 318 g/mol. The van der Waals surface area contributed by atoms with Crippen LogP contribution in [-0.2, 0) is 17.8 Å². The summed E-state index contributed by atoms with van der Waals surface area (Å²) in [5.41, 5.74) is 2.29. The molecule has 3 heterocycles. The van der Waals surface area contributed by atoms with Gasteiger partial charge in [-0.15, -0.1) is 11.3 Å². The lowest BCUT2D eigenvalue weighted by Crippen LogP contribution is -2.30. The molecule has 1 saturated heterocycles. The van der Waals surface area contributed by atoms with E-state index in [1.165, 1.54) is 10.4 Å². The van der Waals surface area contributed by atoms with Crippen molar-refractivity contribution in [3.8, 4) is 0 Å². The van der Waals surface area contributed by atoms with Crippen molar-refractivity contribution in [1.82, 2.24) is 14.8 Å². The second-order valence-electron chi connectivity index (χ2n) is 6.64. The van der Waals surface area contributed by atoms with E-state index in [0.29, 0.717) is 6.42 Å². The number of hydrogen-bond acceptors (Lipinski definition) is 4. The zero-order chi connectivity index (χ0) is 16.9. The van der Waals surface area contributed by atoms with E-state index in [4.69, 9.17) is 0 Å². The summed E-state index contributed by atoms with van der Waals surface area (Å²) in [5.74, 6) is 0.275. The quantitative estimate of drug-likeness (QED) is 0.805. The van der Waals surface area contributed by atoms with Crippen LogP contribution in [0.25, 0.3) is 0 Å². The summed E-state index contributed by atoms with van der Waals surface area (Å²) in [6, 6.07) is 8.59. The topological polar surface area (TPSA) is 36.4 Å². The fraction of sp³-hybridized carbons (Fsp3) is 0.474. The molecule has 5 heteroatoms. The number of aromatic nitrogens is 1. The van der Waals surface area contributed by atoms with Crippen LogP contribution in [0.5, 0.6) is 0 Å². The van der Waals surface area contributed by atoms with Crippen molar-refractivity contribution in [3.63, 3.8) is 0 Å². The summed E-state index contributed by atoms with van der Waals surface area (Å²) < 4.78 is 0. The number of amides is 1. The first-order chi connectivity index (χ1) is 11.6. The average molecular weight is 343 g/mol. The number of aryl methyl sites for hydroxylation is 1. The molecule has 0 radical (unpaired) electrons. The maximum atomic E-state index is 12.7. The van der Waals surface area contributed by atoms with Crippen molar-refractivity contribution in [1.29, 1.82) is 0 Å². The highest BCUT2D eigenvalue weighted by molar-refractivity contribution is 7.09. The van der Waals surface area contributed by atoms with E-state index in [1.54, 1.807) is 11.3 Å². The Morgan fingerprint density at radius 3 is 3.04 bits per heavy atom. The third-order valence-electron chi connectivity index (χ3n) is 4.44. The van der Waals surface area contributed by atoms with Gasteiger partial charge < -0.3 is 9.80 Å². The molecule has 1 fully saturated rings. The molecule has 0 N–H and O–H groups in total. The highest BCUT2D eigenvalue weighted by atomic mass is 32.1. The van der Waals surface area contributed by atoms with Crippen LogP contribution in [0.3, 0.4) is 0 Å². The second-order valence-corrected chi connectivity index (χ2v) is 7.68. The summed E-state index contributed by atoms with van der Waals surface area (Å²) in [6.45, 7) is 1.70. The van der Waals surface area contributed by atoms with E-state index in [1.807, 2.05) is 26.4 Å².